The Labute approximate surface area is 141 Å². The van der Waals surface area contributed by atoms with E-state index in [4.69, 9.17) is 0 Å². The van der Waals surface area contributed by atoms with E-state index in [-0.39, 0.29) is 10.8 Å². The first kappa shape index (κ1) is 19.1. The quantitative estimate of drug-likeness (QED) is 0.202. The molecular weight excluding hydrogens is 345 g/mol. The summed E-state index contributed by atoms with van der Waals surface area (Å²) in [4.78, 5) is 11.8. The van der Waals surface area contributed by atoms with Gasteiger partial charge in [-0.15, -0.1) is 4.68 Å². The lowest BCUT2D eigenvalue weighted by atomic mass is 9.69. The lowest BCUT2D eigenvalue weighted by Gasteiger charge is -2.35. The minimum absolute atomic E-state index is 0.134. The summed E-state index contributed by atoms with van der Waals surface area (Å²) in [6.07, 6.45) is 4.85. The summed E-state index contributed by atoms with van der Waals surface area (Å²) >= 11 is 0. The summed E-state index contributed by atoms with van der Waals surface area (Å²) in [6, 6.07) is 0. The van der Waals surface area contributed by atoms with E-state index in [9.17, 15) is 27.4 Å². The third-order valence-electron chi connectivity index (χ3n) is 4.58. The first-order valence-electron chi connectivity index (χ1n) is 7.71. The van der Waals surface area contributed by atoms with Gasteiger partial charge in [-0.25, -0.2) is 0 Å². The van der Waals surface area contributed by atoms with Crippen LogP contribution in [0.1, 0.15) is 39.4 Å². The number of nitrogens with zero attached hydrogens (tertiary/aromatic N) is 5. The van der Waals surface area contributed by atoms with Crippen LogP contribution >= 0.6 is 0 Å². The Morgan fingerprint density at radius 1 is 1.40 bits per heavy atom. The maximum Gasteiger partial charge on any atom is 0.673 e. The van der Waals surface area contributed by atoms with Crippen molar-refractivity contribution in [2.24, 2.45) is 5.92 Å². The molecule has 1 aliphatic carbocycles. The number of allylic oxidation sites excluding steroid dienone is 1. The molecule has 7 nitrogen and oxygen atoms in total. The Balaban J connectivity index is 0.000000399. The molecule has 0 radical (unpaired) electrons. The van der Waals surface area contributed by atoms with E-state index in [1.54, 1.807) is 15.6 Å². The van der Waals surface area contributed by atoms with Crippen molar-refractivity contribution < 1.29 is 26.9 Å². The monoisotopic (exact) mass is 363 g/mol. The summed E-state index contributed by atoms with van der Waals surface area (Å²) in [5, 5.41) is 20.0. The van der Waals surface area contributed by atoms with Crippen LogP contribution in [0.3, 0.4) is 0 Å². The van der Waals surface area contributed by atoms with Gasteiger partial charge in [-0.05, 0) is 33.3 Å². The highest BCUT2D eigenvalue weighted by Crippen LogP contribution is 2.47. The van der Waals surface area contributed by atoms with Crippen LogP contribution < -0.4 is 4.68 Å². The molecule has 0 N–H and O–H groups in total. The van der Waals surface area contributed by atoms with E-state index in [0.29, 0.717) is 18.8 Å². The Morgan fingerprint density at radius 2 is 2.00 bits per heavy atom. The molecule has 0 aromatic carbocycles. The maximum absolute atomic E-state index is 12.0. The zero-order valence-electron chi connectivity index (χ0n) is 14.0. The molecule has 2 atom stereocenters. The van der Waals surface area contributed by atoms with Gasteiger partial charge in [0.25, 0.3) is 0 Å². The predicted octanol–water partition coefficient (Wildman–Crippen LogP) is 2.59. The predicted molar refractivity (Wildman–Crippen MR) is 81.2 cm³/mol. The van der Waals surface area contributed by atoms with Crippen LogP contribution in [0.2, 0.25) is 0 Å². The fourth-order valence-corrected chi connectivity index (χ4v) is 3.33. The van der Waals surface area contributed by atoms with Crippen LogP contribution in [0.5, 0.6) is 0 Å². The molecule has 1 aromatic heterocycles. The summed E-state index contributed by atoms with van der Waals surface area (Å²) in [5.41, 5.74) is 1.21. The summed E-state index contributed by atoms with van der Waals surface area (Å²) in [6.45, 7) is 6.55. The minimum Gasteiger partial charge on any atom is -0.418 e. The molecule has 0 fully saturated rings. The van der Waals surface area contributed by atoms with Gasteiger partial charge in [0.2, 0.25) is 0 Å². The number of fused-ring (bicyclic) bond motifs is 3. The van der Waals surface area contributed by atoms with Gasteiger partial charge in [-0.1, -0.05) is 15.8 Å². The maximum atomic E-state index is 12.0. The molecule has 0 bridgehead atoms. The molecule has 0 saturated carbocycles. The SMILES string of the molecule is CC[n+]1nnn2c1[C@]1([N+](=O)[O-])CC(C)=C(C)C[C@@H]1C=C2.F[B-](F)(F)F. The standard InChI is InChI=1S/C13H18N5O2.BF4/c1-4-16-12-13(18(19)20)8-10(3)9(2)7-11(13)5-6-17(12)15-14-16;2-1(3,4)5/h5-6,11H,4,7-8H2,1-3H3;/q+1;-1/t11-,13-;/m0./s1. The Morgan fingerprint density at radius 3 is 2.52 bits per heavy atom. The number of hydrogen-bond acceptors (Lipinski definition) is 4. The third-order valence-corrected chi connectivity index (χ3v) is 4.58. The van der Waals surface area contributed by atoms with Gasteiger partial charge < -0.3 is 17.3 Å². The van der Waals surface area contributed by atoms with Crippen molar-refractivity contribution >= 4 is 13.5 Å². The number of aryl methyl sites for hydroxylation is 1. The van der Waals surface area contributed by atoms with Crippen molar-refractivity contribution in [1.29, 1.82) is 0 Å². The van der Waals surface area contributed by atoms with E-state index in [2.05, 4.69) is 17.4 Å². The third kappa shape index (κ3) is 3.56. The van der Waals surface area contributed by atoms with Crippen LogP contribution in [0.4, 0.5) is 17.3 Å². The first-order valence-corrected chi connectivity index (χ1v) is 7.71. The van der Waals surface area contributed by atoms with E-state index >= 15 is 0 Å². The van der Waals surface area contributed by atoms with E-state index < -0.39 is 12.8 Å². The van der Waals surface area contributed by atoms with Crippen LogP contribution in [-0.2, 0) is 12.1 Å². The first-order chi connectivity index (χ1) is 11.5. The number of rotatable bonds is 2. The molecule has 2 heterocycles. The number of hydrogen-bond donors (Lipinski definition) is 0. The van der Waals surface area contributed by atoms with Crippen LogP contribution in [0.15, 0.2) is 17.2 Å². The molecule has 2 aliphatic rings. The average molecular weight is 363 g/mol. The van der Waals surface area contributed by atoms with Gasteiger partial charge in [0.1, 0.15) is 11.4 Å². The summed E-state index contributed by atoms with van der Waals surface area (Å²) < 4.78 is 42.2. The Bertz CT molecular complexity index is 739. The Hall–Kier alpha value is -2.27. The molecule has 12 heteroatoms. The van der Waals surface area contributed by atoms with E-state index in [0.717, 1.165) is 12.0 Å². The summed E-state index contributed by atoms with van der Waals surface area (Å²) in [7, 11) is -6.00. The largest absolute Gasteiger partial charge is 0.673 e. The van der Waals surface area contributed by atoms with Crippen LogP contribution in [0.25, 0.3) is 6.20 Å². The van der Waals surface area contributed by atoms with Gasteiger partial charge in [0.15, 0.2) is 5.21 Å². The lowest BCUT2D eigenvalue weighted by Crippen LogP contribution is -2.56. The molecule has 138 valence electrons. The van der Waals surface area contributed by atoms with Gasteiger partial charge in [-0.3, -0.25) is 10.1 Å². The van der Waals surface area contributed by atoms with Crippen molar-refractivity contribution in [2.75, 3.05) is 0 Å². The normalized spacial score (nSPS) is 25.0. The zero-order chi connectivity index (χ0) is 19.0. The summed E-state index contributed by atoms with van der Waals surface area (Å²) in [5.74, 6) is 0.453. The van der Waals surface area contributed by atoms with Crippen molar-refractivity contribution in [3.63, 3.8) is 0 Å². The number of aromatic nitrogens is 4. The molecule has 0 spiro atoms. The second-order valence-electron chi connectivity index (χ2n) is 6.13. The highest BCUT2D eigenvalue weighted by Gasteiger charge is 2.62. The van der Waals surface area contributed by atoms with Gasteiger partial charge in [0, 0.05) is 4.92 Å². The second kappa shape index (κ2) is 6.56. The Kier molecular flexibility index (Phi) is 5.00. The fourth-order valence-electron chi connectivity index (χ4n) is 3.33. The molecule has 0 unspecified atom stereocenters. The smallest absolute Gasteiger partial charge is 0.418 e. The minimum atomic E-state index is -6.00. The van der Waals surface area contributed by atoms with Crippen molar-refractivity contribution in [2.45, 2.75) is 45.7 Å². The highest BCUT2D eigenvalue weighted by molar-refractivity contribution is 6.50. The van der Waals surface area contributed by atoms with E-state index in [1.807, 2.05) is 19.9 Å². The van der Waals surface area contributed by atoms with Crippen LogP contribution in [0, 0.1) is 16.0 Å². The van der Waals surface area contributed by atoms with Gasteiger partial charge >= 0.3 is 18.6 Å². The molecular formula is C13H18BF4N5O2. The van der Waals surface area contributed by atoms with Crippen molar-refractivity contribution in [3.05, 3.63) is 33.2 Å². The fraction of sp³-hybridized carbons (Fsp3) is 0.615. The van der Waals surface area contributed by atoms with Crippen molar-refractivity contribution in [3.8, 4) is 0 Å². The number of tetrazole rings is 1. The second-order valence-corrected chi connectivity index (χ2v) is 6.13. The molecule has 0 amide bonds. The number of nitro groups is 1. The molecule has 25 heavy (non-hydrogen) atoms. The van der Waals surface area contributed by atoms with Gasteiger partial charge in [0.05, 0.1) is 18.9 Å². The topological polar surface area (TPSA) is 77.7 Å². The lowest BCUT2D eigenvalue weighted by molar-refractivity contribution is -0.780. The highest BCUT2D eigenvalue weighted by atomic mass is 19.5. The number of halogens is 4. The van der Waals surface area contributed by atoms with E-state index in [1.165, 1.54) is 5.57 Å². The molecule has 1 aromatic rings. The average Bonchev–Trinajstić information content (AvgIpc) is 2.90. The molecule has 1 aliphatic heterocycles. The molecule has 3 rings (SSSR count). The van der Waals surface area contributed by atoms with Gasteiger partial charge in [-0.2, -0.15) is 0 Å². The van der Waals surface area contributed by atoms with Crippen LogP contribution in [-0.4, -0.2) is 27.3 Å². The zero-order valence-corrected chi connectivity index (χ0v) is 14.0. The van der Waals surface area contributed by atoms with Crippen molar-refractivity contribution in [1.82, 2.24) is 15.1 Å². The molecule has 0 saturated heterocycles.